The Morgan fingerprint density at radius 1 is 0.268 bits per heavy atom. The van der Waals surface area contributed by atoms with Crippen LogP contribution >= 0.6 is 0 Å². The van der Waals surface area contributed by atoms with Crippen LogP contribution in [0.4, 0.5) is 0 Å². The van der Waals surface area contributed by atoms with E-state index in [2.05, 4.69) is 127 Å². The van der Waals surface area contributed by atoms with Gasteiger partial charge in [0.15, 0.2) is 17.5 Å². The van der Waals surface area contributed by atoms with Crippen molar-refractivity contribution in [3.63, 3.8) is 0 Å². The Kier molecular flexibility index (Phi) is 7.42. The number of furan rings is 2. The Morgan fingerprint density at radius 2 is 0.643 bits per heavy atom. The molecule has 11 aromatic rings. The van der Waals surface area contributed by atoms with E-state index in [1.807, 2.05) is 60.7 Å². The van der Waals surface area contributed by atoms with Gasteiger partial charge in [-0.2, -0.15) is 0 Å². The molecule has 0 N–H and O–H groups in total. The summed E-state index contributed by atoms with van der Waals surface area (Å²) in [5, 5.41) is 4.30. The summed E-state index contributed by atoms with van der Waals surface area (Å²) in [5.74, 6) is 1.76. The topological polar surface area (TPSA) is 65.0 Å². The third-order valence-electron chi connectivity index (χ3n) is 10.5. The fourth-order valence-electron chi connectivity index (χ4n) is 7.81. The first-order valence-electron chi connectivity index (χ1n) is 18.7. The average Bonchev–Trinajstić information content (AvgIpc) is 3.86. The predicted molar refractivity (Wildman–Crippen MR) is 227 cm³/mol. The Balaban J connectivity index is 1.15. The normalized spacial score (nSPS) is 11.6. The molecule has 5 heteroatoms. The molecule has 0 aliphatic carbocycles. The first kappa shape index (κ1) is 31.9. The average molecular weight is 718 g/mol. The van der Waals surface area contributed by atoms with Crippen LogP contribution in [0.25, 0.3) is 111 Å². The van der Waals surface area contributed by atoms with Crippen LogP contribution in [-0.4, -0.2) is 15.0 Å². The summed E-state index contributed by atoms with van der Waals surface area (Å²) in [4.78, 5) is 15.4. The second-order valence-electron chi connectivity index (χ2n) is 14.0. The molecule has 3 aromatic heterocycles. The van der Waals surface area contributed by atoms with Crippen LogP contribution in [0.15, 0.2) is 197 Å². The second kappa shape index (κ2) is 13.0. The predicted octanol–water partition coefficient (Wildman–Crippen LogP) is 13.7. The maximum Gasteiger partial charge on any atom is 0.164 e. The van der Waals surface area contributed by atoms with Crippen LogP contribution in [0.5, 0.6) is 0 Å². The highest BCUT2D eigenvalue weighted by molar-refractivity contribution is 6.11. The first-order valence-corrected chi connectivity index (χ1v) is 18.7. The summed E-state index contributed by atoms with van der Waals surface area (Å²) in [5.41, 5.74) is 12.2. The van der Waals surface area contributed by atoms with Gasteiger partial charge in [-0.05, 0) is 52.6 Å². The van der Waals surface area contributed by atoms with E-state index < -0.39 is 0 Å². The van der Waals surface area contributed by atoms with Crippen LogP contribution < -0.4 is 0 Å². The van der Waals surface area contributed by atoms with Crippen molar-refractivity contribution >= 4 is 43.9 Å². The number of rotatable bonds is 6. The maximum atomic E-state index is 6.57. The lowest BCUT2D eigenvalue weighted by Crippen LogP contribution is -2.00. The van der Waals surface area contributed by atoms with Crippen molar-refractivity contribution in [3.05, 3.63) is 188 Å². The quantitative estimate of drug-likeness (QED) is 0.171. The van der Waals surface area contributed by atoms with E-state index in [4.69, 9.17) is 23.8 Å². The van der Waals surface area contributed by atoms with Gasteiger partial charge in [-0.15, -0.1) is 0 Å². The molecule has 262 valence electrons. The molecular formula is C51H31N3O2. The highest BCUT2D eigenvalue weighted by atomic mass is 16.3. The largest absolute Gasteiger partial charge is 0.455 e. The summed E-state index contributed by atoms with van der Waals surface area (Å²) in [6.07, 6.45) is 0. The molecule has 0 bridgehead atoms. The van der Waals surface area contributed by atoms with Crippen molar-refractivity contribution in [3.8, 4) is 67.5 Å². The van der Waals surface area contributed by atoms with Crippen LogP contribution in [0.3, 0.4) is 0 Å². The number of hydrogen-bond acceptors (Lipinski definition) is 5. The van der Waals surface area contributed by atoms with Gasteiger partial charge < -0.3 is 8.83 Å². The second-order valence-corrected chi connectivity index (χ2v) is 14.0. The molecule has 56 heavy (non-hydrogen) atoms. The minimum atomic E-state index is 0.567. The van der Waals surface area contributed by atoms with Crippen LogP contribution in [-0.2, 0) is 0 Å². The van der Waals surface area contributed by atoms with E-state index >= 15 is 0 Å². The van der Waals surface area contributed by atoms with Gasteiger partial charge in [0.25, 0.3) is 0 Å². The van der Waals surface area contributed by atoms with Gasteiger partial charge in [-0.3, -0.25) is 0 Å². The van der Waals surface area contributed by atoms with Crippen molar-refractivity contribution in [2.75, 3.05) is 0 Å². The van der Waals surface area contributed by atoms with E-state index in [0.717, 1.165) is 93.9 Å². The van der Waals surface area contributed by atoms with Gasteiger partial charge >= 0.3 is 0 Å². The number of para-hydroxylation sites is 4. The molecule has 0 aliphatic rings. The van der Waals surface area contributed by atoms with Gasteiger partial charge in [0.2, 0.25) is 0 Å². The molecule has 0 saturated heterocycles. The van der Waals surface area contributed by atoms with Crippen LogP contribution in [0.2, 0.25) is 0 Å². The number of benzene rings is 8. The molecule has 8 aromatic carbocycles. The Bertz CT molecular complexity index is 3110. The minimum absolute atomic E-state index is 0.567. The number of aromatic nitrogens is 3. The zero-order valence-electron chi connectivity index (χ0n) is 30.1. The van der Waals surface area contributed by atoms with Crippen molar-refractivity contribution < 1.29 is 8.83 Å². The number of fused-ring (bicyclic) bond motifs is 6. The van der Waals surface area contributed by atoms with Crippen molar-refractivity contribution in [1.82, 2.24) is 15.0 Å². The molecular weight excluding hydrogens is 687 g/mol. The molecule has 0 unspecified atom stereocenters. The van der Waals surface area contributed by atoms with Crippen LogP contribution in [0, 0.1) is 0 Å². The fraction of sp³-hybridized carbons (Fsp3) is 0. The molecule has 3 heterocycles. The highest BCUT2D eigenvalue weighted by Crippen LogP contribution is 2.42. The summed E-state index contributed by atoms with van der Waals surface area (Å²) in [7, 11) is 0. The Labute approximate surface area is 322 Å². The Morgan fingerprint density at radius 3 is 1.18 bits per heavy atom. The molecule has 0 amide bonds. The van der Waals surface area contributed by atoms with Gasteiger partial charge in [0, 0.05) is 49.4 Å². The minimum Gasteiger partial charge on any atom is -0.455 e. The third-order valence-corrected chi connectivity index (χ3v) is 10.5. The van der Waals surface area contributed by atoms with Gasteiger partial charge in [-0.25, -0.2) is 15.0 Å². The van der Waals surface area contributed by atoms with Crippen molar-refractivity contribution in [1.29, 1.82) is 0 Å². The fourth-order valence-corrected chi connectivity index (χ4v) is 7.81. The Hall–Kier alpha value is -7.63. The molecule has 5 nitrogen and oxygen atoms in total. The maximum absolute atomic E-state index is 6.57. The standard InChI is InChI=1S/C51H31N3O2/c1-3-13-32(14-4-1)33-25-27-35(28-26-33)50-52-49(34-15-5-2-6-16-34)53-51(54-50)38-30-36(39-19-11-21-43-41-17-7-9-23-45(41)55-47(39)43)29-37(31-38)40-20-12-22-44-42-18-8-10-24-46(42)56-48(40)44/h1-31H. The van der Waals surface area contributed by atoms with Gasteiger partial charge in [0.05, 0.1) is 0 Å². The SMILES string of the molecule is c1ccc(-c2ccc(-c3nc(-c4ccccc4)nc(-c4cc(-c5cccc6c5oc5ccccc56)cc(-c5cccc6c5oc5ccccc56)c4)n3)cc2)cc1. The van der Waals surface area contributed by atoms with E-state index in [1.165, 1.54) is 0 Å². The van der Waals surface area contributed by atoms with Crippen molar-refractivity contribution in [2.45, 2.75) is 0 Å². The monoisotopic (exact) mass is 717 g/mol. The van der Waals surface area contributed by atoms with Crippen LogP contribution in [0.1, 0.15) is 0 Å². The lowest BCUT2D eigenvalue weighted by atomic mass is 9.94. The smallest absolute Gasteiger partial charge is 0.164 e. The number of nitrogens with zero attached hydrogens (tertiary/aromatic N) is 3. The lowest BCUT2D eigenvalue weighted by molar-refractivity contribution is 0.670. The lowest BCUT2D eigenvalue weighted by Gasteiger charge is -2.13. The highest BCUT2D eigenvalue weighted by Gasteiger charge is 2.19. The summed E-state index contributed by atoms with van der Waals surface area (Å²) >= 11 is 0. The van der Waals surface area contributed by atoms with E-state index in [1.54, 1.807) is 0 Å². The van der Waals surface area contributed by atoms with E-state index in [-0.39, 0.29) is 0 Å². The molecule has 0 radical (unpaired) electrons. The summed E-state index contributed by atoms with van der Waals surface area (Å²) < 4.78 is 13.1. The first-order chi connectivity index (χ1) is 27.7. The third kappa shape index (κ3) is 5.45. The molecule has 11 rings (SSSR count). The van der Waals surface area contributed by atoms with Gasteiger partial charge in [0.1, 0.15) is 22.3 Å². The molecule has 0 fully saturated rings. The molecule has 0 saturated carbocycles. The molecule has 0 atom stereocenters. The van der Waals surface area contributed by atoms with E-state index in [0.29, 0.717) is 17.5 Å². The summed E-state index contributed by atoms with van der Waals surface area (Å²) in [6, 6.07) is 64.5. The zero-order valence-corrected chi connectivity index (χ0v) is 30.1. The van der Waals surface area contributed by atoms with Crippen molar-refractivity contribution in [2.24, 2.45) is 0 Å². The zero-order chi connectivity index (χ0) is 37.0. The molecule has 0 spiro atoms. The summed E-state index contributed by atoms with van der Waals surface area (Å²) in [6.45, 7) is 0. The molecule has 0 aliphatic heterocycles. The van der Waals surface area contributed by atoms with Gasteiger partial charge in [-0.1, -0.05) is 158 Å². The number of hydrogen-bond donors (Lipinski definition) is 0. The van der Waals surface area contributed by atoms with E-state index in [9.17, 15) is 0 Å².